The molecule has 0 aliphatic heterocycles. The maximum atomic E-state index is 8.92. The number of hydrogen-bond acceptors (Lipinski definition) is 2. The van der Waals surface area contributed by atoms with Crippen molar-refractivity contribution in [1.29, 1.82) is 0 Å². The molecular formula is C12H25NO. The van der Waals surface area contributed by atoms with Crippen molar-refractivity contribution >= 4 is 0 Å². The Balaban J connectivity index is 2.07. The maximum absolute atomic E-state index is 8.92. The highest BCUT2D eigenvalue weighted by atomic mass is 16.3. The first-order valence-electron chi connectivity index (χ1n) is 6.07. The van der Waals surface area contributed by atoms with Gasteiger partial charge >= 0.3 is 0 Å². The Hall–Kier alpha value is -0.0800. The summed E-state index contributed by atoms with van der Waals surface area (Å²) in [7, 11) is 0. The van der Waals surface area contributed by atoms with E-state index in [0.717, 1.165) is 13.0 Å². The fourth-order valence-electron chi connectivity index (χ4n) is 1.93. The Morgan fingerprint density at radius 3 is 2.64 bits per heavy atom. The molecule has 0 aromatic rings. The molecule has 0 spiro atoms. The molecule has 0 bridgehead atoms. The molecule has 0 heterocycles. The van der Waals surface area contributed by atoms with Crippen LogP contribution in [0.15, 0.2) is 0 Å². The van der Waals surface area contributed by atoms with Crippen LogP contribution in [0.25, 0.3) is 0 Å². The lowest BCUT2D eigenvalue weighted by molar-refractivity contribution is 0.242. The van der Waals surface area contributed by atoms with Gasteiger partial charge in [0.25, 0.3) is 0 Å². The molecule has 2 N–H and O–H groups in total. The summed E-state index contributed by atoms with van der Waals surface area (Å²) < 4.78 is 0. The van der Waals surface area contributed by atoms with Crippen molar-refractivity contribution in [3.05, 3.63) is 0 Å². The first kappa shape index (κ1) is 12.0. The fourth-order valence-corrected chi connectivity index (χ4v) is 1.93. The fraction of sp³-hybridized carbons (Fsp3) is 1.00. The summed E-state index contributed by atoms with van der Waals surface area (Å²) >= 11 is 0. The molecule has 0 amide bonds. The minimum atomic E-state index is 0.352. The van der Waals surface area contributed by atoms with Gasteiger partial charge in [-0.2, -0.15) is 0 Å². The molecule has 2 heteroatoms. The van der Waals surface area contributed by atoms with Crippen molar-refractivity contribution in [1.82, 2.24) is 5.32 Å². The molecule has 1 atom stereocenters. The zero-order valence-corrected chi connectivity index (χ0v) is 9.68. The van der Waals surface area contributed by atoms with Crippen LogP contribution >= 0.6 is 0 Å². The van der Waals surface area contributed by atoms with E-state index in [1.54, 1.807) is 0 Å². The lowest BCUT2D eigenvalue weighted by Crippen LogP contribution is -2.32. The van der Waals surface area contributed by atoms with Crippen LogP contribution in [0.1, 0.15) is 52.4 Å². The predicted octanol–water partition coefficient (Wildman–Crippen LogP) is 2.32. The highest BCUT2D eigenvalue weighted by Gasteiger charge is 2.41. The number of hydrogen-bond donors (Lipinski definition) is 2. The smallest absolute Gasteiger partial charge is 0.0436 e. The lowest BCUT2D eigenvalue weighted by Gasteiger charge is -2.19. The van der Waals surface area contributed by atoms with Crippen LogP contribution in [0.2, 0.25) is 0 Å². The number of nitrogens with one attached hydrogen (secondary N) is 1. The molecule has 1 fully saturated rings. The van der Waals surface area contributed by atoms with Gasteiger partial charge in [-0.15, -0.1) is 0 Å². The van der Waals surface area contributed by atoms with Crippen LogP contribution in [0.4, 0.5) is 0 Å². The molecule has 1 rings (SSSR count). The van der Waals surface area contributed by atoms with Crippen LogP contribution in [-0.2, 0) is 0 Å². The molecule has 1 aliphatic rings. The molecular weight excluding hydrogens is 174 g/mol. The molecule has 2 nitrogen and oxygen atoms in total. The highest BCUT2D eigenvalue weighted by Crippen LogP contribution is 2.47. The number of aliphatic hydroxyl groups is 1. The summed E-state index contributed by atoms with van der Waals surface area (Å²) in [5, 5.41) is 12.5. The lowest BCUT2D eigenvalue weighted by atomic mass is 10.0. The molecule has 1 aliphatic carbocycles. The third-order valence-electron chi connectivity index (χ3n) is 3.42. The van der Waals surface area contributed by atoms with Crippen LogP contribution in [0.5, 0.6) is 0 Å². The average molecular weight is 199 g/mol. The third kappa shape index (κ3) is 3.97. The van der Waals surface area contributed by atoms with Gasteiger partial charge in [-0.05, 0) is 38.0 Å². The van der Waals surface area contributed by atoms with Gasteiger partial charge in [-0.1, -0.05) is 19.8 Å². The Morgan fingerprint density at radius 2 is 2.14 bits per heavy atom. The second-order valence-corrected chi connectivity index (χ2v) is 4.90. The Bertz CT molecular complexity index is 154. The van der Waals surface area contributed by atoms with Gasteiger partial charge in [-0.3, -0.25) is 0 Å². The Kier molecular flexibility index (Phi) is 4.90. The largest absolute Gasteiger partial charge is 0.396 e. The van der Waals surface area contributed by atoms with Crippen molar-refractivity contribution in [2.45, 2.75) is 58.4 Å². The van der Waals surface area contributed by atoms with E-state index in [1.807, 2.05) is 0 Å². The van der Waals surface area contributed by atoms with Crippen molar-refractivity contribution in [2.24, 2.45) is 5.41 Å². The average Bonchev–Trinajstić information content (AvgIpc) is 2.93. The Morgan fingerprint density at radius 1 is 1.43 bits per heavy atom. The molecule has 1 saturated carbocycles. The van der Waals surface area contributed by atoms with Crippen molar-refractivity contribution in [3.8, 4) is 0 Å². The first-order valence-corrected chi connectivity index (χ1v) is 6.07. The second-order valence-electron chi connectivity index (χ2n) is 4.90. The normalized spacial score (nSPS) is 20.8. The van der Waals surface area contributed by atoms with Gasteiger partial charge in [0.15, 0.2) is 0 Å². The van der Waals surface area contributed by atoms with Gasteiger partial charge < -0.3 is 10.4 Å². The zero-order valence-electron chi connectivity index (χ0n) is 9.68. The van der Waals surface area contributed by atoms with Gasteiger partial charge in [-0.25, -0.2) is 0 Å². The van der Waals surface area contributed by atoms with E-state index in [-0.39, 0.29) is 0 Å². The number of unbranched alkanes of at least 4 members (excludes halogenated alkanes) is 1. The van der Waals surface area contributed by atoms with E-state index in [2.05, 4.69) is 19.2 Å². The van der Waals surface area contributed by atoms with Gasteiger partial charge in [0.2, 0.25) is 0 Å². The van der Waals surface area contributed by atoms with E-state index in [9.17, 15) is 0 Å². The Labute approximate surface area is 88.1 Å². The minimum absolute atomic E-state index is 0.352. The first-order chi connectivity index (χ1) is 6.72. The topological polar surface area (TPSA) is 32.3 Å². The summed E-state index contributed by atoms with van der Waals surface area (Å²) in [5.41, 5.74) is 0.467. The molecule has 0 aromatic heterocycles. The predicted molar refractivity (Wildman–Crippen MR) is 60.4 cm³/mol. The summed E-state index contributed by atoms with van der Waals surface area (Å²) in [6, 6.07) is 0.645. The van der Waals surface area contributed by atoms with Crippen LogP contribution in [0.3, 0.4) is 0 Å². The molecule has 0 radical (unpaired) electrons. The summed E-state index contributed by atoms with van der Waals surface area (Å²) in [6.07, 6.45) is 7.49. The third-order valence-corrected chi connectivity index (χ3v) is 3.42. The standard InChI is InChI=1S/C12H25NO/c1-3-4-5-11(2)13-10-12(6-7-12)8-9-14/h11,13-14H,3-10H2,1-2H3. The van der Waals surface area contributed by atoms with Crippen molar-refractivity contribution in [3.63, 3.8) is 0 Å². The second kappa shape index (κ2) is 5.72. The summed E-state index contributed by atoms with van der Waals surface area (Å²) in [5.74, 6) is 0. The van der Waals surface area contributed by atoms with E-state index in [1.165, 1.54) is 32.1 Å². The number of aliphatic hydroxyl groups excluding tert-OH is 1. The SMILES string of the molecule is CCCCC(C)NCC1(CCO)CC1. The maximum Gasteiger partial charge on any atom is 0.0436 e. The quantitative estimate of drug-likeness (QED) is 0.629. The summed E-state index contributed by atoms with van der Waals surface area (Å²) in [4.78, 5) is 0. The molecule has 0 saturated heterocycles. The highest BCUT2D eigenvalue weighted by molar-refractivity contribution is 4.94. The van der Waals surface area contributed by atoms with E-state index >= 15 is 0 Å². The van der Waals surface area contributed by atoms with Crippen LogP contribution < -0.4 is 5.32 Å². The van der Waals surface area contributed by atoms with Gasteiger partial charge in [0.1, 0.15) is 0 Å². The molecule has 84 valence electrons. The van der Waals surface area contributed by atoms with Gasteiger partial charge in [0.05, 0.1) is 0 Å². The monoisotopic (exact) mass is 199 g/mol. The van der Waals surface area contributed by atoms with E-state index in [0.29, 0.717) is 18.1 Å². The molecule has 0 aromatic carbocycles. The van der Waals surface area contributed by atoms with E-state index in [4.69, 9.17) is 5.11 Å². The molecule has 1 unspecified atom stereocenters. The number of rotatable bonds is 8. The minimum Gasteiger partial charge on any atom is -0.396 e. The zero-order chi connectivity index (χ0) is 10.4. The van der Waals surface area contributed by atoms with Crippen LogP contribution in [-0.4, -0.2) is 24.3 Å². The van der Waals surface area contributed by atoms with E-state index < -0.39 is 0 Å². The summed E-state index contributed by atoms with van der Waals surface area (Å²) in [6.45, 7) is 5.97. The van der Waals surface area contributed by atoms with Gasteiger partial charge in [0, 0.05) is 19.2 Å². The van der Waals surface area contributed by atoms with Crippen molar-refractivity contribution < 1.29 is 5.11 Å². The van der Waals surface area contributed by atoms with Crippen molar-refractivity contribution in [2.75, 3.05) is 13.2 Å². The molecule has 14 heavy (non-hydrogen) atoms. The van der Waals surface area contributed by atoms with Crippen LogP contribution in [0, 0.1) is 5.41 Å².